The van der Waals surface area contributed by atoms with Crippen molar-refractivity contribution in [3.05, 3.63) is 18.2 Å². The summed E-state index contributed by atoms with van der Waals surface area (Å²) in [5.74, 6) is -0.702. The van der Waals surface area contributed by atoms with Gasteiger partial charge in [0.1, 0.15) is 11.5 Å². The van der Waals surface area contributed by atoms with Crippen LogP contribution >= 0.6 is 10.7 Å². The van der Waals surface area contributed by atoms with Crippen LogP contribution in [0.5, 0.6) is 11.5 Å². The molecule has 0 unspecified atom stereocenters. The van der Waals surface area contributed by atoms with Gasteiger partial charge in [0.2, 0.25) is 0 Å². The summed E-state index contributed by atoms with van der Waals surface area (Å²) in [7, 11) is 2.00. The predicted octanol–water partition coefficient (Wildman–Crippen LogP) is 2.56. The molecule has 18 heavy (non-hydrogen) atoms. The lowest BCUT2D eigenvalue weighted by Gasteiger charge is -2.13. The van der Waals surface area contributed by atoms with E-state index in [-0.39, 0.29) is 5.75 Å². The lowest BCUT2D eigenvalue weighted by molar-refractivity contribution is -0.153. The molecule has 0 fully saturated rings. The Labute approximate surface area is 106 Å². The molecule has 0 atom stereocenters. The first kappa shape index (κ1) is 14.9. The van der Waals surface area contributed by atoms with E-state index < -0.39 is 32.5 Å². The normalized spacial score (nSPS) is 12.3. The minimum absolute atomic E-state index is 0.190. The average Bonchev–Trinajstić information content (AvgIpc) is 2.23. The van der Waals surface area contributed by atoms with E-state index in [2.05, 4.69) is 4.74 Å². The Bertz CT molecular complexity index is 527. The maximum absolute atomic E-state index is 12.0. The van der Waals surface area contributed by atoms with Crippen LogP contribution in [0, 0.1) is 0 Å². The fourth-order valence-corrected chi connectivity index (χ4v) is 2.39. The van der Waals surface area contributed by atoms with Crippen molar-refractivity contribution >= 4 is 19.7 Å². The molecule has 102 valence electrons. The lowest BCUT2D eigenvalue weighted by atomic mass is 10.3. The van der Waals surface area contributed by atoms with Gasteiger partial charge in [0.25, 0.3) is 9.05 Å². The van der Waals surface area contributed by atoms with Crippen LogP contribution in [0.4, 0.5) is 13.2 Å². The minimum Gasteiger partial charge on any atom is -0.495 e. The SMILES string of the molecule is COc1cccc(OCC(F)(F)F)c1S(=O)(=O)Cl. The van der Waals surface area contributed by atoms with Gasteiger partial charge >= 0.3 is 6.18 Å². The van der Waals surface area contributed by atoms with Crippen molar-refractivity contribution in [2.24, 2.45) is 0 Å². The van der Waals surface area contributed by atoms with Crippen molar-refractivity contribution in [3.8, 4) is 11.5 Å². The fraction of sp³-hybridized carbons (Fsp3) is 0.333. The predicted molar refractivity (Wildman–Crippen MR) is 57.6 cm³/mol. The van der Waals surface area contributed by atoms with Crippen LogP contribution in [-0.2, 0) is 9.05 Å². The third kappa shape index (κ3) is 3.95. The van der Waals surface area contributed by atoms with Gasteiger partial charge in [-0.15, -0.1) is 0 Å². The number of ether oxygens (including phenoxy) is 2. The summed E-state index contributed by atoms with van der Waals surface area (Å²) >= 11 is 0. The molecular formula is C9H8ClF3O4S. The van der Waals surface area contributed by atoms with Gasteiger partial charge in [-0.2, -0.15) is 13.2 Å². The second kappa shape index (κ2) is 5.23. The zero-order valence-corrected chi connectivity index (χ0v) is 10.6. The van der Waals surface area contributed by atoms with Crippen LogP contribution in [-0.4, -0.2) is 28.3 Å². The van der Waals surface area contributed by atoms with Crippen molar-refractivity contribution in [3.63, 3.8) is 0 Å². The molecule has 9 heteroatoms. The van der Waals surface area contributed by atoms with Gasteiger partial charge in [0.05, 0.1) is 7.11 Å². The van der Waals surface area contributed by atoms with Crippen molar-refractivity contribution in [2.45, 2.75) is 11.1 Å². The molecule has 0 heterocycles. The molecule has 0 aliphatic heterocycles. The number of alkyl halides is 3. The molecule has 0 N–H and O–H groups in total. The van der Waals surface area contributed by atoms with E-state index in [0.717, 1.165) is 13.2 Å². The molecule has 0 spiro atoms. The smallest absolute Gasteiger partial charge is 0.422 e. The van der Waals surface area contributed by atoms with Gasteiger partial charge in [-0.1, -0.05) is 6.07 Å². The molecule has 1 aromatic carbocycles. The second-order valence-corrected chi connectivity index (χ2v) is 5.63. The van der Waals surface area contributed by atoms with Crippen LogP contribution in [0.3, 0.4) is 0 Å². The summed E-state index contributed by atoms with van der Waals surface area (Å²) in [6.07, 6.45) is -4.59. The van der Waals surface area contributed by atoms with Crippen LogP contribution in [0.1, 0.15) is 0 Å². The van der Waals surface area contributed by atoms with E-state index in [1.165, 1.54) is 12.1 Å². The highest BCUT2D eigenvalue weighted by molar-refractivity contribution is 8.13. The van der Waals surface area contributed by atoms with Crippen molar-refractivity contribution in [1.82, 2.24) is 0 Å². The number of rotatable bonds is 4. The van der Waals surface area contributed by atoms with E-state index in [9.17, 15) is 21.6 Å². The minimum atomic E-state index is -4.59. The summed E-state index contributed by atoms with van der Waals surface area (Å²) in [4.78, 5) is -0.626. The van der Waals surface area contributed by atoms with Crippen LogP contribution < -0.4 is 9.47 Å². The zero-order chi connectivity index (χ0) is 14.0. The first-order valence-electron chi connectivity index (χ1n) is 4.46. The van der Waals surface area contributed by atoms with Gasteiger partial charge < -0.3 is 9.47 Å². The molecule has 0 saturated carbocycles. The maximum atomic E-state index is 12.0. The highest BCUT2D eigenvalue weighted by atomic mass is 35.7. The van der Waals surface area contributed by atoms with E-state index in [1.54, 1.807) is 0 Å². The first-order valence-corrected chi connectivity index (χ1v) is 6.77. The average molecular weight is 305 g/mol. The lowest BCUT2D eigenvalue weighted by Crippen LogP contribution is -2.20. The molecule has 0 aliphatic carbocycles. The van der Waals surface area contributed by atoms with Gasteiger partial charge in [-0.3, -0.25) is 0 Å². The Balaban J connectivity index is 3.20. The van der Waals surface area contributed by atoms with Crippen LogP contribution in [0.15, 0.2) is 23.1 Å². The molecule has 0 aliphatic rings. The largest absolute Gasteiger partial charge is 0.495 e. The number of hydrogen-bond acceptors (Lipinski definition) is 4. The van der Waals surface area contributed by atoms with Crippen molar-refractivity contribution < 1.29 is 31.1 Å². The van der Waals surface area contributed by atoms with E-state index >= 15 is 0 Å². The van der Waals surface area contributed by atoms with Crippen LogP contribution in [0.2, 0.25) is 0 Å². The molecule has 0 radical (unpaired) electrons. The van der Waals surface area contributed by atoms with Crippen molar-refractivity contribution in [1.29, 1.82) is 0 Å². The Hall–Kier alpha value is -1.15. The quantitative estimate of drug-likeness (QED) is 0.802. The molecule has 0 aromatic heterocycles. The fourth-order valence-electron chi connectivity index (χ4n) is 1.17. The Morgan fingerprint density at radius 1 is 1.28 bits per heavy atom. The van der Waals surface area contributed by atoms with Crippen molar-refractivity contribution in [2.75, 3.05) is 13.7 Å². The highest BCUT2D eigenvalue weighted by Gasteiger charge is 2.30. The first-order chi connectivity index (χ1) is 8.15. The zero-order valence-electron chi connectivity index (χ0n) is 8.99. The molecule has 0 bridgehead atoms. The molecule has 0 amide bonds. The molecule has 4 nitrogen and oxygen atoms in total. The maximum Gasteiger partial charge on any atom is 0.422 e. The number of methoxy groups -OCH3 is 1. The molecule has 0 saturated heterocycles. The summed E-state index contributed by atoms with van der Waals surface area (Å²) in [6.45, 7) is -1.63. The van der Waals surface area contributed by atoms with E-state index in [0.29, 0.717) is 0 Å². The summed E-state index contributed by atoms with van der Waals surface area (Å²) < 4.78 is 67.7. The van der Waals surface area contributed by atoms with Gasteiger partial charge in [-0.05, 0) is 12.1 Å². The summed E-state index contributed by atoms with van der Waals surface area (Å²) in [5.41, 5.74) is 0. The Morgan fingerprint density at radius 3 is 2.28 bits per heavy atom. The number of hydrogen-bond donors (Lipinski definition) is 0. The monoisotopic (exact) mass is 304 g/mol. The second-order valence-electron chi connectivity index (χ2n) is 3.13. The van der Waals surface area contributed by atoms with Crippen LogP contribution in [0.25, 0.3) is 0 Å². The van der Waals surface area contributed by atoms with E-state index in [1.807, 2.05) is 0 Å². The summed E-state index contributed by atoms with van der Waals surface area (Å²) in [5, 5.41) is 0. The molecule has 1 aromatic rings. The van der Waals surface area contributed by atoms with E-state index in [4.69, 9.17) is 15.4 Å². The molecular weight excluding hydrogens is 297 g/mol. The van der Waals surface area contributed by atoms with Gasteiger partial charge in [0.15, 0.2) is 11.5 Å². The third-order valence-electron chi connectivity index (χ3n) is 1.80. The molecule has 1 rings (SSSR count). The number of halogens is 4. The standard InChI is InChI=1S/C9H8ClF3O4S/c1-16-6-3-2-4-7(8(6)18(10,14)15)17-5-9(11,12)13/h2-4H,5H2,1H3. The third-order valence-corrected chi connectivity index (χ3v) is 3.15. The number of benzene rings is 1. The van der Waals surface area contributed by atoms with Gasteiger partial charge in [0, 0.05) is 10.7 Å². The summed E-state index contributed by atoms with van der Waals surface area (Å²) in [6, 6.07) is 3.59. The topological polar surface area (TPSA) is 52.6 Å². The Morgan fingerprint density at radius 2 is 1.83 bits per heavy atom. The van der Waals surface area contributed by atoms with Gasteiger partial charge in [-0.25, -0.2) is 8.42 Å². The Kier molecular flexibility index (Phi) is 4.33. The highest BCUT2D eigenvalue weighted by Crippen LogP contribution is 2.36.